The third-order valence-corrected chi connectivity index (χ3v) is 11.6. The first kappa shape index (κ1) is 30.6. The highest BCUT2D eigenvalue weighted by molar-refractivity contribution is 6.24. The Morgan fingerprint density at radius 1 is 0.464 bits per heavy atom. The minimum absolute atomic E-state index is 0.511. The van der Waals surface area contributed by atoms with Crippen LogP contribution in [-0.2, 0) is 0 Å². The predicted molar refractivity (Wildman–Crippen MR) is 229 cm³/mol. The standard InChI is InChI=1S/C50H29N5O/c51-28-30-25-46(39(29-52)47(26-30)55-43-19-9-4-15-37(43)49-45(55)24-22-36-35-14-5-10-20-48(35)56-50(36)49)54-42-18-8-3-13-34(42)38-27-31(21-23-44(38)54)53-40-16-6-1-11-32(40)33-12-2-7-17-41(33)53/h1-28,51H. The molecule has 0 saturated heterocycles. The first-order valence-electron chi connectivity index (χ1n) is 18.7. The summed E-state index contributed by atoms with van der Waals surface area (Å²) >= 11 is 0. The number of nitrogens with one attached hydrogen (secondary N) is 1. The Balaban J connectivity index is 1.16. The predicted octanol–water partition coefficient (Wildman–Crippen LogP) is 12.7. The molecule has 1 N–H and O–H groups in total. The maximum atomic E-state index is 11.2. The molecule has 4 aromatic heterocycles. The average molecular weight is 716 g/mol. The molecule has 0 spiro atoms. The molecule has 0 atom stereocenters. The molecule has 0 aliphatic heterocycles. The number of nitriles is 1. The Labute approximate surface area is 319 Å². The van der Waals surface area contributed by atoms with E-state index in [1.54, 1.807) is 0 Å². The number of fused-ring (bicyclic) bond motifs is 13. The summed E-state index contributed by atoms with van der Waals surface area (Å²) in [5.74, 6) is 0. The maximum absolute atomic E-state index is 11.2. The number of para-hydroxylation sites is 5. The molecular formula is C50H29N5O. The summed E-state index contributed by atoms with van der Waals surface area (Å²) in [7, 11) is 0. The molecule has 12 rings (SSSR count). The second-order valence-electron chi connectivity index (χ2n) is 14.4. The number of benzene rings is 8. The summed E-state index contributed by atoms with van der Waals surface area (Å²) in [6, 6.07) is 59.4. The van der Waals surface area contributed by atoms with Gasteiger partial charge >= 0.3 is 0 Å². The normalized spacial score (nSPS) is 12.0. The van der Waals surface area contributed by atoms with E-state index in [9.17, 15) is 5.26 Å². The zero-order valence-electron chi connectivity index (χ0n) is 29.9. The lowest BCUT2D eigenvalue weighted by Gasteiger charge is -2.17. The van der Waals surface area contributed by atoms with Gasteiger partial charge in [0.2, 0.25) is 0 Å². The van der Waals surface area contributed by atoms with Crippen LogP contribution < -0.4 is 0 Å². The van der Waals surface area contributed by atoms with Crippen LogP contribution in [0.3, 0.4) is 0 Å². The Morgan fingerprint density at radius 2 is 0.964 bits per heavy atom. The molecule has 6 heteroatoms. The van der Waals surface area contributed by atoms with Crippen molar-refractivity contribution in [1.29, 1.82) is 10.7 Å². The topological polar surface area (TPSA) is 75.6 Å². The molecule has 6 nitrogen and oxygen atoms in total. The highest BCUT2D eigenvalue weighted by atomic mass is 16.3. The summed E-state index contributed by atoms with van der Waals surface area (Å²) in [5, 5.41) is 28.5. The van der Waals surface area contributed by atoms with Gasteiger partial charge in [-0.2, -0.15) is 5.26 Å². The highest BCUT2D eigenvalue weighted by Crippen LogP contribution is 2.43. The molecule has 0 fully saturated rings. The lowest BCUT2D eigenvalue weighted by Crippen LogP contribution is -2.06. The summed E-state index contributed by atoms with van der Waals surface area (Å²) < 4.78 is 13.3. The van der Waals surface area contributed by atoms with Gasteiger partial charge in [0.25, 0.3) is 0 Å². The van der Waals surface area contributed by atoms with Crippen molar-refractivity contribution >= 4 is 93.6 Å². The van der Waals surface area contributed by atoms with Crippen LogP contribution in [0, 0.1) is 16.7 Å². The monoisotopic (exact) mass is 715 g/mol. The Bertz CT molecular complexity index is 3640. The Hall–Kier alpha value is -7.88. The largest absolute Gasteiger partial charge is 0.455 e. The van der Waals surface area contributed by atoms with Crippen molar-refractivity contribution in [2.75, 3.05) is 0 Å². The van der Waals surface area contributed by atoms with Gasteiger partial charge in [-0.15, -0.1) is 0 Å². The molecule has 4 heterocycles. The van der Waals surface area contributed by atoms with Gasteiger partial charge in [-0.3, -0.25) is 0 Å². The molecule has 56 heavy (non-hydrogen) atoms. The summed E-state index contributed by atoms with van der Waals surface area (Å²) in [6.07, 6.45) is 1.37. The van der Waals surface area contributed by atoms with E-state index in [1.807, 2.05) is 48.5 Å². The summed E-state index contributed by atoms with van der Waals surface area (Å²) in [5.41, 5.74) is 11.5. The second-order valence-corrected chi connectivity index (χ2v) is 14.4. The number of furan rings is 1. The van der Waals surface area contributed by atoms with Crippen LogP contribution in [0.4, 0.5) is 0 Å². The van der Waals surface area contributed by atoms with Crippen LogP contribution in [0.1, 0.15) is 11.1 Å². The van der Waals surface area contributed by atoms with Gasteiger partial charge in [-0.1, -0.05) is 91.0 Å². The number of aromatic nitrogens is 3. The Kier molecular flexibility index (Phi) is 6.18. The van der Waals surface area contributed by atoms with E-state index in [0.717, 1.165) is 88.0 Å². The van der Waals surface area contributed by atoms with Crippen molar-refractivity contribution in [3.05, 3.63) is 175 Å². The van der Waals surface area contributed by atoms with Gasteiger partial charge in [0, 0.05) is 49.6 Å². The van der Waals surface area contributed by atoms with Crippen molar-refractivity contribution in [1.82, 2.24) is 13.7 Å². The van der Waals surface area contributed by atoms with Crippen molar-refractivity contribution in [2.24, 2.45) is 0 Å². The molecular weight excluding hydrogens is 687 g/mol. The van der Waals surface area contributed by atoms with Crippen LogP contribution in [0.2, 0.25) is 0 Å². The van der Waals surface area contributed by atoms with E-state index in [0.29, 0.717) is 16.8 Å². The zero-order valence-corrected chi connectivity index (χ0v) is 29.9. The molecule has 0 saturated carbocycles. The third-order valence-electron chi connectivity index (χ3n) is 11.6. The van der Waals surface area contributed by atoms with Crippen molar-refractivity contribution in [3.8, 4) is 23.1 Å². The fraction of sp³-hybridized carbons (Fsp3) is 0. The lowest BCUT2D eigenvalue weighted by molar-refractivity contribution is 0.673. The van der Waals surface area contributed by atoms with Crippen LogP contribution in [0.5, 0.6) is 0 Å². The number of hydrogen-bond donors (Lipinski definition) is 1. The zero-order chi connectivity index (χ0) is 37.1. The smallest absolute Gasteiger partial charge is 0.145 e. The molecule has 0 radical (unpaired) electrons. The van der Waals surface area contributed by atoms with E-state index in [2.05, 4.69) is 135 Å². The number of rotatable bonds is 4. The van der Waals surface area contributed by atoms with Gasteiger partial charge < -0.3 is 23.5 Å². The third kappa shape index (κ3) is 4.00. The minimum atomic E-state index is 0.511. The van der Waals surface area contributed by atoms with E-state index in [-0.39, 0.29) is 0 Å². The lowest BCUT2D eigenvalue weighted by atomic mass is 10.1. The summed E-state index contributed by atoms with van der Waals surface area (Å²) in [4.78, 5) is 0. The molecule has 0 unspecified atom stereocenters. The fourth-order valence-corrected chi connectivity index (χ4v) is 9.24. The van der Waals surface area contributed by atoms with Crippen LogP contribution in [0.25, 0.3) is 104 Å². The number of hydrogen-bond acceptors (Lipinski definition) is 3. The maximum Gasteiger partial charge on any atom is 0.145 e. The van der Waals surface area contributed by atoms with Crippen LogP contribution in [-0.4, -0.2) is 19.9 Å². The van der Waals surface area contributed by atoms with E-state index < -0.39 is 0 Å². The fourth-order valence-electron chi connectivity index (χ4n) is 9.24. The first-order chi connectivity index (χ1) is 27.7. The molecule has 0 aliphatic carbocycles. The molecule has 260 valence electrons. The van der Waals surface area contributed by atoms with Gasteiger partial charge in [-0.25, -0.2) is 0 Å². The van der Waals surface area contributed by atoms with E-state index >= 15 is 0 Å². The van der Waals surface area contributed by atoms with Gasteiger partial charge in [0.05, 0.1) is 49.9 Å². The minimum Gasteiger partial charge on any atom is -0.455 e. The Morgan fingerprint density at radius 3 is 1.61 bits per heavy atom. The molecule has 12 aromatic rings. The number of nitrogens with zero attached hydrogens (tertiary/aromatic N) is 4. The molecule has 0 amide bonds. The summed E-state index contributed by atoms with van der Waals surface area (Å²) in [6.45, 7) is 0. The van der Waals surface area contributed by atoms with E-state index in [4.69, 9.17) is 9.83 Å². The van der Waals surface area contributed by atoms with Crippen LogP contribution >= 0.6 is 0 Å². The van der Waals surface area contributed by atoms with Gasteiger partial charge in [0.1, 0.15) is 22.8 Å². The molecule has 8 aromatic carbocycles. The van der Waals surface area contributed by atoms with Crippen molar-refractivity contribution in [2.45, 2.75) is 0 Å². The van der Waals surface area contributed by atoms with E-state index in [1.165, 1.54) is 17.0 Å². The van der Waals surface area contributed by atoms with Gasteiger partial charge in [0.15, 0.2) is 0 Å². The van der Waals surface area contributed by atoms with Gasteiger partial charge in [-0.05, 0) is 78.4 Å². The SMILES string of the molecule is N#Cc1c(-n2c3ccccc3c3cc(-n4c5ccccc5c5ccccc54)ccc32)cc(C=N)cc1-n1c2ccccc2c2c3oc4ccccc4c3ccc21. The molecule has 0 aliphatic rings. The van der Waals surface area contributed by atoms with Crippen LogP contribution in [0.15, 0.2) is 168 Å². The average Bonchev–Trinajstić information content (AvgIpc) is 3.99. The first-order valence-corrected chi connectivity index (χ1v) is 18.7. The second kappa shape index (κ2) is 11.3. The van der Waals surface area contributed by atoms with Crippen molar-refractivity contribution in [3.63, 3.8) is 0 Å². The quantitative estimate of drug-likeness (QED) is 0.184. The highest BCUT2D eigenvalue weighted by Gasteiger charge is 2.24. The van der Waals surface area contributed by atoms with Crippen molar-refractivity contribution < 1.29 is 4.42 Å². The molecule has 0 bridgehead atoms.